The van der Waals surface area contributed by atoms with Crippen molar-refractivity contribution in [3.63, 3.8) is 0 Å². The van der Waals surface area contributed by atoms with E-state index >= 15 is 0 Å². The molecule has 2 aliphatic heterocycles. The van der Waals surface area contributed by atoms with Crippen LogP contribution >= 0.6 is 0 Å². The number of aryl methyl sites for hydroxylation is 1. The summed E-state index contributed by atoms with van der Waals surface area (Å²) in [6.45, 7) is 4.72. The third-order valence-electron chi connectivity index (χ3n) is 7.77. The molecule has 6 heteroatoms. The fourth-order valence-electron chi connectivity index (χ4n) is 5.89. The topological polar surface area (TPSA) is 63.1 Å². The minimum absolute atomic E-state index is 0.0272. The lowest BCUT2D eigenvalue weighted by atomic mass is 9.82. The van der Waals surface area contributed by atoms with Crippen molar-refractivity contribution >= 4 is 16.9 Å². The van der Waals surface area contributed by atoms with Gasteiger partial charge in [0.25, 0.3) is 0 Å². The van der Waals surface area contributed by atoms with Crippen LogP contribution in [0.3, 0.4) is 0 Å². The van der Waals surface area contributed by atoms with Crippen molar-refractivity contribution < 1.29 is 4.79 Å². The molecule has 2 amide bonds. The summed E-state index contributed by atoms with van der Waals surface area (Å²) in [4.78, 5) is 19.6. The van der Waals surface area contributed by atoms with Crippen LogP contribution in [0.25, 0.3) is 22.2 Å². The number of amides is 2. The predicted octanol–water partition coefficient (Wildman–Crippen LogP) is 4.49. The highest BCUT2D eigenvalue weighted by atomic mass is 16.2. The molecule has 3 aliphatic rings. The molecule has 1 N–H and O–H groups in total. The van der Waals surface area contributed by atoms with Gasteiger partial charge in [-0.3, -0.25) is 9.67 Å². The molecular formula is C25H29N5O. The summed E-state index contributed by atoms with van der Waals surface area (Å²) < 4.78 is 2.16. The maximum atomic E-state index is 13.0. The Kier molecular flexibility index (Phi) is 4.14. The molecule has 0 bridgehead atoms. The van der Waals surface area contributed by atoms with Gasteiger partial charge in [0.15, 0.2) is 0 Å². The molecule has 6 nitrogen and oxygen atoms in total. The summed E-state index contributed by atoms with van der Waals surface area (Å²) in [6, 6.07) is 12.7. The first-order chi connectivity index (χ1) is 15.0. The number of nitrogens with zero attached hydrogens (tertiary/aromatic N) is 4. The third-order valence-corrected chi connectivity index (χ3v) is 7.77. The number of benzene rings is 1. The second kappa shape index (κ2) is 6.81. The first-order valence-electron chi connectivity index (χ1n) is 11.5. The van der Waals surface area contributed by atoms with Crippen LogP contribution in [-0.4, -0.2) is 44.3 Å². The Bertz CT molecular complexity index is 1160. The number of likely N-dealkylation sites (tertiary alicyclic amines) is 1. The van der Waals surface area contributed by atoms with E-state index in [1.54, 1.807) is 0 Å². The van der Waals surface area contributed by atoms with Gasteiger partial charge in [0.05, 0.1) is 11.2 Å². The number of rotatable bonds is 2. The summed E-state index contributed by atoms with van der Waals surface area (Å²) in [7, 11) is 0. The maximum Gasteiger partial charge on any atom is 0.317 e. The Balaban J connectivity index is 1.24. The third kappa shape index (κ3) is 3.11. The molecule has 3 aromatic rings. The Morgan fingerprint density at radius 1 is 1.06 bits per heavy atom. The summed E-state index contributed by atoms with van der Waals surface area (Å²) in [5.41, 5.74) is 4.32. The normalized spacial score (nSPS) is 24.2. The molecule has 0 radical (unpaired) electrons. The fourth-order valence-corrected chi connectivity index (χ4v) is 5.89. The van der Waals surface area contributed by atoms with Gasteiger partial charge in [-0.15, -0.1) is 0 Å². The van der Waals surface area contributed by atoms with Gasteiger partial charge < -0.3 is 10.2 Å². The number of carbonyl (C=O) groups is 1. The van der Waals surface area contributed by atoms with Crippen LogP contribution in [-0.2, 0) is 12.0 Å². The molecule has 1 aromatic carbocycles. The van der Waals surface area contributed by atoms with E-state index in [9.17, 15) is 4.79 Å². The van der Waals surface area contributed by atoms with Gasteiger partial charge in [-0.25, -0.2) is 4.79 Å². The van der Waals surface area contributed by atoms with Crippen LogP contribution < -0.4 is 5.32 Å². The molecule has 6 rings (SSSR count). The van der Waals surface area contributed by atoms with Crippen molar-refractivity contribution in [3.05, 3.63) is 48.3 Å². The smallest absolute Gasteiger partial charge is 0.317 e. The Hall–Kier alpha value is -2.89. The summed E-state index contributed by atoms with van der Waals surface area (Å²) >= 11 is 0. The van der Waals surface area contributed by atoms with E-state index in [1.807, 2.05) is 29.3 Å². The lowest BCUT2D eigenvalue weighted by Crippen LogP contribution is -2.50. The average molecular weight is 416 g/mol. The highest BCUT2D eigenvalue weighted by Crippen LogP contribution is 2.44. The lowest BCUT2D eigenvalue weighted by Gasteiger charge is -2.29. The number of para-hydroxylation sites is 1. The van der Waals surface area contributed by atoms with Crippen LogP contribution in [0, 0.1) is 0 Å². The number of urea groups is 1. The zero-order chi connectivity index (χ0) is 21.1. The number of hydrogen-bond donors (Lipinski definition) is 1. The number of nitrogens with one attached hydrogen (secondary N) is 1. The minimum atomic E-state index is -0.0272. The molecule has 2 fully saturated rings. The van der Waals surface area contributed by atoms with Crippen molar-refractivity contribution in [2.24, 2.45) is 0 Å². The molecule has 4 heterocycles. The molecule has 160 valence electrons. The second-order valence-electron chi connectivity index (χ2n) is 9.95. The van der Waals surface area contributed by atoms with Crippen molar-refractivity contribution in [2.45, 2.75) is 62.9 Å². The van der Waals surface area contributed by atoms with Gasteiger partial charge in [-0.2, -0.15) is 5.10 Å². The quantitative estimate of drug-likeness (QED) is 0.671. The van der Waals surface area contributed by atoms with E-state index in [0.29, 0.717) is 0 Å². The van der Waals surface area contributed by atoms with Gasteiger partial charge in [0.2, 0.25) is 0 Å². The number of hydrogen-bond acceptors (Lipinski definition) is 3. The van der Waals surface area contributed by atoms with E-state index in [-0.39, 0.29) is 17.0 Å². The Morgan fingerprint density at radius 3 is 2.74 bits per heavy atom. The lowest BCUT2D eigenvalue weighted by molar-refractivity contribution is 0.192. The number of carbonyl (C=O) groups excluding carboxylic acids is 1. The number of aromatic nitrogens is 3. The first kappa shape index (κ1) is 18.8. The standard InChI is InChI=1S/C25H29N5O/c1-24(8-4-5-9-24)27-23(31)29-12-10-25(17-29)11-13-30-22(25)15-21(28-30)19-14-18-6-2-3-7-20(18)26-16-19/h2-3,6-7,14-16H,4-5,8-13,17H2,1H3,(H,27,31). The molecule has 1 saturated heterocycles. The van der Waals surface area contributed by atoms with Crippen LogP contribution in [0.5, 0.6) is 0 Å². The Labute approximate surface area is 182 Å². The van der Waals surface area contributed by atoms with Crippen molar-refractivity contribution in [1.82, 2.24) is 25.0 Å². The van der Waals surface area contributed by atoms with Gasteiger partial charge in [-0.05, 0) is 50.8 Å². The van der Waals surface area contributed by atoms with Crippen molar-refractivity contribution in [1.29, 1.82) is 0 Å². The summed E-state index contributed by atoms with van der Waals surface area (Å²) in [5.74, 6) is 0. The van der Waals surface area contributed by atoms with Crippen LogP contribution in [0.4, 0.5) is 4.79 Å². The highest BCUT2D eigenvalue weighted by Gasteiger charge is 2.47. The molecule has 1 spiro atoms. The SMILES string of the molecule is CC1(NC(=O)N2CCC3(CCn4nc(-c5cnc6ccccc6c5)cc43)C2)CCCC1. The molecule has 1 aliphatic carbocycles. The number of pyridine rings is 1. The maximum absolute atomic E-state index is 13.0. The first-order valence-corrected chi connectivity index (χ1v) is 11.5. The van der Waals surface area contributed by atoms with Gasteiger partial charge in [-0.1, -0.05) is 31.0 Å². The van der Waals surface area contributed by atoms with Gasteiger partial charge in [0, 0.05) is 53.4 Å². The van der Waals surface area contributed by atoms with Crippen molar-refractivity contribution in [2.75, 3.05) is 13.1 Å². The molecule has 1 unspecified atom stereocenters. The molecule has 1 saturated carbocycles. The van der Waals surface area contributed by atoms with E-state index in [1.165, 1.54) is 18.5 Å². The summed E-state index contributed by atoms with van der Waals surface area (Å²) in [6.07, 6.45) is 8.61. The largest absolute Gasteiger partial charge is 0.333 e. The van der Waals surface area contributed by atoms with Crippen molar-refractivity contribution in [3.8, 4) is 11.3 Å². The Morgan fingerprint density at radius 2 is 1.87 bits per heavy atom. The second-order valence-corrected chi connectivity index (χ2v) is 9.95. The number of fused-ring (bicyclic) bond motifs is 3. The fraction of sp³-hybridized carbons (Fsp3) is 0.480. The summed E-state index contributed by atoms with van der Waals surface area (Å²) in [5, 5.41) is 9.37. The van der Waals surface area contributed by atoms with E-state index in [4.69, 9.17) is 5.10 Å². The molecule has 1 atom stereocenters. The zero-order valence-corrected chi connectivity index (χ0v) is 18.1. The predicted molar refractivity (Wildman–Crippen MR) is 121 cm³/mol. The zero-order valence-electron chi connectivity index (χ0n) is 18.1. The minimum Gasteiger partial charge on any atom is -0.333 e. The van der Waals surface area contributed by atoms with Gasteiger partial charge in [0.1, 0.15) is 0 Å². The average Bonchev–Trinajstić information content (AvgIpc) is 3.54. The monoisotopic (exact) mass is 415 g/mol. The molecular weight excluding hydrogens is 386 g/mol. The van der Waals surface area contributed by atoms with Crippen LogP contribution in [0.1, 0.15) is 51.1 Å². The van der Waals surface area contributed by atoms with Crippen LogP contribution in [0.2, 0.25) is 0 Å². The van der Waals surface area contributed by atoms with Crippen LogP contribution in [0.15, 0.2) is 42.6 Å². The van der Waals surface area contributed by atoms with Gasteiger partial charge >= 0.3 is 6.03 Å². The molecule has 31 heavy (non-hydrogen) atoms. The van der Waals surface area contributed by atoms with E-state index in [2.05, 4.69) is 40.1 Å². The molecule has 2 aromatic heterocycles. The van der Waals surface area contributed by atoms with E-state index in [0.717, 1.165) is 67.5 Å². The van der Waals surface area contributed by atoms with E-state index < -0.39 is 0 Å². The highest BCUT2D eigenvalue weighted by molar-refractivity contribution is 5.83.